The van der Waals surface area contributed by atoms with Gasteiger partial charge in [-0.2, -0.15) is 0 Å². The van der Waals surface area contributed by atoms with Crippen LogP contribution in [0.25, 0.3) is 5.78 Å². The number of thioether (sulfide) groups is 1. The third kappa shape index (κ3) is 3.30. The molecule has 0 fully saturated rings. The Labute approximate surface area is 153 Å². The van der Waals surface area contributed by atoms with Gasteiger partial charge >= 0.3 is 0 Å². The molecule has 0 spiro atoms. The van der Waals surface area contributed by atoms with E-state index in [4.69, 9.17) is 9.47 Å². The molecule has 26 heavy (non-hydrogen) atoms. The van der Waals surface area contributed by atoms with Gasteiger partial charge in [-0.1, -0.05) is 11.8 Å². The predicted octanol–water partition coefficient (Wildman–Crippen LogP) is 2.24. The molecular weight excluding hydrogens is 354 g/mol. The molecule has 2 aromatic heterocycles. The lowest BCUT2D eigenvalue weighted by atomic mass is 10.2. The minimum absolute atomic E-state index is 0.138. The van der Waals surface area contributed by atoms with Gasteiger partial charge in [0.2, 0.25) is 5.91 Å². The molecule has 1 aromatic carbocycles. The fourth-order valence-electron chi connectivity index (χ4n) is 2.74. The highest BCUT2D eigenvalue weighted by atomic mass is 32.2. The number of benzene rings is 1. The highest BCUT2D eigenvalue weighted by molar-refractivity contribution is 7.99. The first-order valence-corrected chi connectivity index (χ1v) is 9.10. The van der Waals surface area contributed by atoms with Crippen LogP contribution in [0.1, 0.15) is 11.4 Å². The number of anilines is 1. The second-order valence-electron chi connectivity index (χ2n) is 5.85. The maximum atomic E-state index is 12.3. The van der Waals surface area contributed by atoms with Gasteiger partial charge in [0.05, 0.1) is 5.75 Å². The topological polar surface area (TPSA) is 90.6 Å². The third-order valence-corrected chi connectivity index (χ3v) is 4.75. The van der Waals surface area contributed by atoms with Crippen molar-refractivity contribution in [3.63, 3.8) is 0 Å². The summed E-state index contributed by atoms with van der Waals surface area (Å²) in [7, 11) is 0. The zero-order valence-corrected chi connectivity index (χ0v) is 15.2. The standard InChI is InChI=1S/C17H17N5O3S/c1-10-7-11(2)22-16(18-10)20-21-17(22)26-9-15(23)19-12-3-4-13-14(8-12)25-6-5-24-13/h3-4,7-8H,5-6,9H2,1-2H3,(H,19,23). The van der Waals surface area contributed by atoms with E-state index >= 15 is 0 Å². The van der Waals surface area contributed by atoms with Crippen molar-refractivity contribution in [2.24, 2.45) is 0 Å². The molecule has 0 unspecified atom stereocenters. The lowest BCUT2D eigenvalue weighted by Crippen LogP contribution is -2.17. The van der Waals surface area contributed by atoms with E-state index in [2.05, 4.69) is 20.5 Å². The van der Waals surface area contributed by atoms with Crippen molar-refractivity contribution in [1.29, 1.82) is 0 Å². The first-order valence-electron chi connectivity index (χ1n) is 8.12. The van der Waals surface area contributed by atoms with Crippen LogP contribution >= 0.6 is 11.8 Å². The average Bonchev–Trinajstić information content (AvgIpc) is 3.03. The van der Waals surface area contributed by atoms with Gasteiger partial charge in [-0.25, -0.2) is 4.98 Å². The Hall–Kier alpha value is -2.81. The number of aromatic nitrogens is 4. The van der Waals surface area contributed by atoms with Crippen molar-refractivity contribution in [1.82, 2.24) is 19.6 Å². The van der Waals surface area contributed by atoms with Gasteiger partial charge in [0.15, 0.2) is 16.7 Å². The van der Waals surface area contributed by atoms with Gasteiger partial charge in [-0.3, -0.25) is 9.20 Å². The number of aryl methyl sites for hydroxylation is 2. The van der Waals surface area contributed by atoms with Crippen molar-refractivity contribution in [2.45, 2.75) is 19.0 Å². The molecule has 0 bridgehead atoms. The normalized spacial score (nSPS) is 13.0. The molecule has 1 N–H and O–H groups in total. The lowest BCUT2D eigenvalue weighted by molar-refractivity contribution is -0.113. The van der Waals surface area contributed by atoms with E-state index in [0.717, 1.165) is 11.4 Å². The second kappa shape index (κ2) is 6.83. The molecule has 0 radical (unpaired) electrons. The van der Waals surface area contributed by atoms with Crippen molar-refractivity contribution < 1.29 is 14.3 Å². The van der Waals surface area contributed by atoms with Crippen LogP contribution in [0.4, 0.5) is 5.69 Å². The lowest BCUT2D eigenvalue weighted by Gasteiger charge is -2.18. The van der Waals surface area contributed by atoms with E-state index in [1.54, 1.807) is 18.2 Å². The average molecular weight is 371 g/mol. The van der Waals surface area contributed by atoms with E-state index in [1.165, 1.54) is 11.8 Å². The molecule has 0 aliphatic carbocycles. The summed E-state index contributed by atoms with van der Waals surface area (Å²) in [6, 6.07) is 7.30. The highest BCUT2D eigenvalue weighted by Crippen LogP contribution is 2.32. The largest absolute Gasteiger partial charge is 0.486 e. The number of hydrogen-bond donors (Lipinski definition) is 1. The molecule has 0 saturated heterocycles. The van der Waals surface area contributed by atoms with Crippen molar-refractivity contribution in [3.05, 3.63) is 35.7 Å². The van der Waals surface area contributed by atoms with Crippen molar-refractivity contribution in [2.75, 3.05) is 24.3 Å². The number of carbonyl (C=O) groups is 1. The molecule has 1 aliphatic rings. The maximum Gasteiger partial charge on any atom is 0.256 e. The number of nitrogens with zero attached hydrogens (tertiary/aromatic N) is 4. The quantitative estimate of drug-likeness (QED) is 0.703. The molecule has 1 aliphatic heterocycles. The summed E-state index contributed by atoms with van der Waals surface area (Å²) in [6.45, 7) is 4.92. The molecule has 3 heterocycles. The van der Waals surface area contributed by atoms with Crippen LogP contribution in [0.5, 0.6) is 11.5 Å². The Morgan fingerprint density at radius 2 is 2.00 bits per heavy atom. The number of carbonyl (C=O) groups excluding carboxylic acids is 1. The van der Waals surface area contributed by atoms with Gasteiger partial charge in [0.25, 0.3) is 5.78 Å². The van der Waals surface area contributed by atoms with E-state index in [9.17, 15) is 4.79 Å². The van der Waals surface area contributed by atoms with E-state index in [-0.39, 0.29) is 11.7 Å². The van der Waals surface area contributed by atoms with Crippen LogP contribution in [0.3, 0.4) is 0 Å². The Bertz CT molecular complexity index is 988. The molecule has 134 valence electrons. The van der Waals surface area contributed by atoms with Gasteiger partial charge < -0.3 is 14.8 Å². The van der Waals surface area contributed by atoms with Crippen LogP contribution in [0.2, 0.25) is 0 Å². The fourth-order valence-corrected chi connectivity index (χ4v) is 3.53. The van der Waals surface area contributed by atoms with Gasteiger partial charge in [-0.05, 0) is 32.0 Å². The Morgan fingerprint density at radius 3 is 2.85 bits per heavy atom. The minimum atomic E-state index is -0.138. The third-order valence-electron chi connectivity index (χ3n) is 3.82. The Kier molecular flexibility index (Phi) is 4.37. The first kappa shape index (κ1) is 16.6. The van der Waals surface area contributed by atoms with Crippen LogP contribution < -0.4 is 14.8 Å². The van der Waals surface area contributed by atoms with Gasteiger partial charge in [0.1, 0.15) is 13.2 Å². The zero-order chi connectivity index (χ0) is 18.1. The molecule has 9 heteroatoms. The summed E-state index contributed by atoms with van der Waals surface area (Å²) in [6.07, 6.45) is 0. The zero-order valence-electron chi connectivity index (χ0n) is 14.4. The predicted molar refractivity (Wildman–Crippen MR) is 97.0 cm³/mol. The SMILES string of the molecule is Cc1cc(C)n2c(SCC(=O)Nc3ccc4c(c3)OCCO4)nnc2n1. The van der Waals surface area contributed by atoms with E-state index < -0.39 is 0 Å². The smallest absolute Gasteiger partial charge is 0.256 e. The monoisotopic (exact) mass is 371 g/mol. The fraction of sp³-hybridized carbons (Fsp3) is 0.294. The van der Waals surface area contributed by atoms with Crippen LogP contribution in [-0.4, -0.2) is 44.5 Å². The van der Waals surface area contributed by atoms with Crippen LogP contribution in [0.15, 0.2) is 29.4 Å². The highest BCUT2D eigenvalue weighted by Gasteiger charge is 2.15. The summed E-state index contributed by atoms with van der Waals surface area (Å²) >= 11 is 1.31. The number of ether oxygens (including phenoxy) is 2. The summed E-state index contributed by atoms with van der Waals surface area (Å²) in [4.78, 5) is 16.6. The maximum absolute atomic E-state index is 12.3. The van der Waals surface area contributed by atoms with Crippen molar-refractivity contribution in [3.8, 4) is 11.5 Å². The summed E-state index contributed by atoms with van der Waals surface area (Å²) in [5.41, 5.74) is 2.53. The number of fused-ring (bicyclic) bond motifs is 2. The van der Waals surface area contributed by atoms with Crippen LogP contribution in [0, 0.1) is 13.8 Å². The molecular formula is C17H17N5O3S. The summed E-state index contributed by atoms with van der Waals surface area (Å²) in [5, 5.41) is 11.7. The van der Waals surface area contributed by atoms with Crippen molar-refractivity contribution >= 4 is 29.1 Å². The minimum Gasteiger partial charge on any atom is -0.486 e. The van der Waals surface area contributed by atoms with E-state index in [0.29, 0.717) is 41.3 Å². The number of nitrogens with one attached hydrogen (secondary N) is 1. The molecule has 4 rings (SSSR count). The molecule has 1 amide bonds. The second-order valence-corrected chi connectivity index (χ2v) is 6.79. The summed E-state index contributed by atoms with van der Waals surface area (Å²) in [5.74, 6) is 1.94. The molecule has 8 nitrogen and oxygen atoms in total. The van der Waals surface area contributed by atoms with Gasteiger partial charge in [-0.15, -0.1) is 10.2 Å². The van der Waals surface area contributed by atoms with E-state index in [1.807, 2.05) is 24.3 Å². The van der Waals surface area contributed by atoms with Gasteiger partial charge in [0, 0.05) is 23.1 Å². The number of hydrogen-bond acceptors (Lipinski definition) is 7. The molecule has 3 aromatic rings. The molecule has 0 atom stereocenters. The number of amides is 1. The Morgan fingerprint density at radius 1 is 1.19 bits per heavy atom. The first-order chi connectivity index (χ1) is 12.6. The van der Waals surface area contributed by atoms with Crippen LogP contribution in [-0.2, 0) is 4.79 Å². The number of rotatable bonds is 4. The molecule has 0 saturated carbocycles. The summed E-state index contributed by atoms with van der Waals surface area (Å²) < 4.78 is 12.8. The Balaban J connectivity index is 1.43.